The van der Waals surface area contributed by atoms with Crippen molar-refractivity contribution in [1.82, 2.24) is 15.6 Å². The quantitative estimate of drug-likeness (QED) is 0.695. The molecule has 0 saturated carbocycles. The van der Waals surface area contributed by atoms with Gasteiger partial charge in [0, 0.05) is 30.2 Å². The molecular weight excluding hydrogens is 333 g/mol. The second-order valence-corrected chi connectivity index (χ2v) is 5.86. The van der Waals surface area contributed by atoms with Crippen molar-refractivity contribution in [3.05, 3.63) is 77.4 Å². The number of hydrogen-bond acceptors (Lipinski definition) is 3. The first-order valence-corrected chi connectivity index (χ1v) is 8.22. The minimum absolute atomic E-state index is 0.227. The van der Waals surface area contributed by atoms with Crippen LogP contribution in [-0.2, 0) is 0 Å². The number of carbonyl (C=O) groups is 2. The van der Waals surface area contributed by atoms with Crippen molar-refractivity contribution in [2.75, 3.05) is 13.1 Å². The third kappa shape index (κ3) is 3.85. The molecule has 3 rings (SSSR count). The van der Waals surface area contributed by atoms with Crippen LogP contribution < -0.4 is 10.6 Å². The van der Waals surface area contributed by atoms with Gasteiger partial charge in [-0.2, -0.15) is 0 Å². The summed E-state index contributed by atoms with van der Waals surface area (Å²) in [6.07, 6.45) is 1.59. The largest absolute Gasteiger partial charge is 0.350 e. The number of nitrogens with one attached hydrogen (secondary N) is 2. The van der Waals surface area contributed by atoms with E-state index in [4.69, 9.17) is 0 Å². The molecule has 0 aliphatic heterocycles. The molecule has 3 aromatic rings. The van der Waals surface area contributed by atoms with Crippen LogP contribution in [-0.4, -0.2) is 29.9 Å². The van der Waals surface area contributed by atoms with Gasteiger partial charge in [0.15, 0.2) is 0 Å². The molecule has 2 amide bonds. The fraction of sp³-hybridized carbons (Fsp3) is 0.150. The van der Waals surface area contributed by atoms with Crippen molar-refractivity contribution in [2.24, 2.45) is 0 Å². The molecule has 0 atom stereocenters. The standard InChI is InChI=1S/C20H18FN3O2/c1-13-6-7-15(12-17(13)21)19(25)23-10-11-24-20(26)18-16-5-3-2-4-14(16)8-9-22-18/h2-9,12H,10-11H2,1H3,(H,23,25)(H,24,26). The minimum Gasteiger partial charge on any atom is -0.350 e. The summed E-state index contributed by atoms with van der Waals surface area (Å²) in [5.74, 6) is -1.12. The van der Waals surface area contributed by atoms with Gasteiger partial charge in [0.2, 0.25) is 0 Å². The van der Waals surface area contributed by atoms with Gasteiger partial charge >= 0.3 is 0 Å². The number of pyridine rings is 1. The van der Waals surface area contributed by atoms with E-state index < -0.39 is 5.82 Å². The summed E-state index contributed by atoms with van der Waals surface area (Å²) in [6, 6.07) is 13.6. The number of rotatable bonds is 5. The number of hydrogen-bond donors (Lipinski definition) is 2. The first-order chi connectivity index (χ1) is 12.6. The normalized spacial score (nSPS) is 10.5. The fourth-order valence-electron chi connectivity index (χ4n) is 2.57. The Balaban J connectivity index is 1.55. The predicted molar refractivity (Wildman–Crippen MR) is 97.5 cm³/mol. The molecule has 0 spiro atoms. The fourth-order valence-corrected chi connectivity index (χ4v) is 2.57. The predicted octanol–water partition coefficient (Wildman–Crippen LogP) is 2.84. The number of carbonyl (C=O) groups excluding carboxylic acids is 2. The number of aryl methyl sites for hydroxylation is 1. The number of benzene rings is 2. The van der Waals surface area contributed by atoms with Gasteiger partial charge < -0.3 is 10.6 Å². The van der Waals surface area contributed by atoms with Crippen molar-refractivity contribution < 1.29 is 14.0 Å². The second-order valence-electron chi connectivity index (χ2n) is 5.86. The maximum atomic E-state index is 13.5. The monoisotopic (exact) mass is 351 g/mol. The molecule has 2 aromatic carbocycles. The summed E-state index contributed by atoms with van der Waals surface area (Å²) in [6.45, 7) is 2.10. The van der Waals surface area contributed by atoms with Gasteiger partial charge in [-0.1, -0.05) is 30.3 Å². The van der Waals surface area contributed by atoms with E-state index in [2.05, 4.69) is 15.6 Å². The van der Waals surface area contributed by atoms with Gasteiger partial charge in [-0.3, -0.25) is 14.6 Å². The third-order valence-corrected chi connectivity index (χ3v) is 4.02. The van der Waals surface area contributed by atoms with Crippen LogP contribution >= 0.6 is 0 Å². The molecule has 6 heteroatoms. The zero-order chi connectivity index (χ0) is 18.5. The molecule has 0 fully saturated rings. The average Bonchev–Trinajstić information content (AvgIpc) is 2.66. The van der Waals surface area contributed by atoms with Crippen molar-refractivity contribution in [3.8, 4) is 0 Å². The molecule has 0 radical (unpaired) electrons. The van der Waals surface area contributed by atoms with Crippen molar-refractivity contribution in [1.29, 1.82) is 0 Å². The van der Waals surface area contributed by atoms with Gasteiger partial charge in [-0.15, -0.1) is 0 Å². The van der Waals surface area contributed by atoms with Crippen LogP contribution in [0.4, 0.5) is 4.39 Å². The van der Waals surface area contributed by atoms with E-state index in [1.54, 1.807) is 25.3 Å². The SMILES string of the molecule is Cc1ccc(C(=O)NCCNC(=O)c2nccc3ccccc23)cc1F. The van der Waals surface area contributed by atoms with Crippen LogP contribution in [0, 0.1) is 12.7 Å². The van der Waals surface area contributed by atoms with Gasteiger partial charge in [0.05, 0.1) is 0 Å². The number of halogens is 1. The summed E-state index contributed by atoms with van der Waals surface area (Å²) >= 11 is 0. The second kappa shape index (κ2) is 7.74. The number of amides is 2. The molecule has 0 unspecified atom stereocenters. The Kier molecular flexibility index (Phi) is 5.22. The lowest BCUT2D eigenvalue weighted by Crippen LogP contribution is -2.35. The molecule has 26 heavy (non-hydrogen) atoms. The van der Waals surface area contributed by atoms with Crippen LogP contribution in [0.3, 0.4) is 0 Å². The highest BCUT2D eigenvalue weighted by atomic mass is 19.1. The van der Waals surface area contributed by atoms with Gasteiger partial charge in [0.1, 0.15) is 11.5 Å². The van der Waals surface area contributed by atoms with E-state index in [0.717, 1.165) is 10.8 Å². The molecule has 1 heterocycles. The zero-order valence-electron chi connectivity index (χ0n) is 14.3. The number of fused-ring (bicyclic) bond motifs is 1. The van der Waals surface area contributed by atoms with E-state index in [1.165, 1.54) is 6.07 Å². The summed E-state index contributed by atoms with van der Waals surface area (Å²) in [7, 11) is 0. The van der Waals surface area contributed by atoms with Gasteiger partial charge in [0.25, 0.3) is 11.8 Å². The van der Waals surface area contributed by atoms with Gasteiger partial charge in [-0.25, -0.2) is 4.39 Å². The average molecular weight is 351 g/mol. The lowest BCUT2D eigenvalue weighted by molar-refractivity contribution is 0.0926. The summed E-state index contributed by atoms with van der Waals surface area (Å²) in [4.78, 5) is 28.5. The van der Waals surface area contributed by atoms with E-state index in [1.807, 2.05) is 30.3 Å². The van der Waals surface area contributed by atoms with Crippen LogP contribution in [0.5, 0.6) is 0 Å². The Hall–Kier alpha value is -3.28. The van der Waals surface area contributed by atoms with E-state index >= 15 is 0 Å². The minimum atomic E-state index is -0.423. The highest BCUT2D eigenvalue weighted by Crippen LogP contribution is 2.16. The molecule has 5 nitrogen and oxygen atoms in total. The Morgan fingerprint density at radius 1 is 1.00 bits per heavy atom. The van der Waals surface area contributed by atoms with E-state index in [0.29, 0.717) is 11.3 Å². The molecule has 2 N–H and O–H groups in total. The van der Waals surface area contributed by atoms with Crippen LogP contribution in [0.2, 0.25) is 0 Å². The lowest BCUT2D eigenvalue weighted by Gasteiger charge is -2.09. The number of nitrogens with zero attached hydrogens (tertiary/aromatic N) is 1. The van der Waals surface area contributed by atoms with Crippen molar-refractivity contribution >= 4 is 22.6 Å². The Morgan fingerprint density at radius 3 is 2.50 bits per heavy atom. The summed E-state index contributed by atoms with van der Waals surface area (Å²) < 4.78 is 13.5. The molecule has 0 aliphatic carbocycles. The van der Waals surface area contributed by atoms with E-state index in [9.17, 15) is 14.0 Å². The van der Waals surface area contributed by atoms with Gasteiger partial charge in [-0.05, 0) is 36.1 Å². The zero-order valence-corrected chi connectivity index (χ0v) is 14.3. The Labute approximate surface area is 150 Å². The lowest BCUT2D eigenvalue weighted by atomic mass is 10.1. The van der Waals surface area contributed by atoms with Crippen LogP contribution in [0.15, 0.2) is 54.7 Å². The van der Waals surface area contributed by atoms with Crippen LogP contribution in [0.1, 0.15) is 26.4 Å². The summed E-state index contributed by atoms with van der Waals surface area (Å²) in [5.41, 5.74) is 1.07. The number of aromatic nitrogens is 1. The Bertz CT molecular complexity index is 967. The smallest absolute Gasteiger partial charge is 0.270 e. The van der Waals surface area contributed by atoms with Crippen molar-refractivity contribution in [3.63, 3.8) is 0 Å². The molecule has 0 saturated heterocycles. The molecule has 0 aliphatic rings. The first kappa shape index (κ1) is 17.5. The third-order valence-electron chi connectivity index (χ3n) is 4.02. The molecule has 132 valence electrons. The van der Waals surface area contributed by atoms with Crippen LogP contribution in [0.25, 0.3) is 10.8 Å². The topological polar surface area (TPSA) is 71.1 Å². The molecular formula is C20H18FN3O2. The highest BCUT2D eigenvalue weighted by Gasteiger charge is 2.11. The first-order valence-electron chi connectivity index (χ1n) is 8.22. The highest BCUT2D eigenvalue weighted by molar-refractivity contribution is 6.05. The Morgan fingerprint density at radius 2 is 1.73 bits per heavy atom. The maximum Gasteiger partial charge on any atom is 0.270 e. The molecule has 1 aromatic heterocycles. The summed E-state index contributed by atoms with van der Waals surface area (Å²) in [5, 5.41) is 7.08. The molecule has 0 bridgehead atoms. The van der Waals surface area contributed by atoms with E-state index in [-0.39, 0.29) is 30.5 Å². The van der Waals surface area contributed by atoms with Crippen molar-refractivity contribution in [2.45, 2.75) is 6.92 Å². The maximum absolute atomic E-state index is 13.5.